The van der Waals surface area contributed by atoms with E-state index in [0.717, 1.165) is 43.5 Å². The Balaban J connectivity index is 1.89. The minimum Gasteiger partial charge on any atom is -0.232 e. The highest BCUT2D eigenvalue weighted by Crippen LogP contribution is 2.43. The maximum absolute atomic E-state index is 4.98. The van der Waals surface area contributed by atoms with Crippen LogP contribution in [0.15, 0.2) is 77.8 Å². The molecular formula is C24H22N4S2. The van der Waals surface area contributed by atoms with Gasteiger partial charge in [-0.3, -0.25) is 0 Å². The highest BCUT2D eigenvalue weighted by molar-refractivity contribution is 7.81. The van der Waals surface area contributed by atoms with Crippen LogP contribution >= 0.6 is 25.3 Å². The van der Waals surface area contributed by atoms with Gasteiger partial charge in [-0.15, -0.1) is 25.3 Å². The first-order valence-corrected chi connectivity index (χ1v) is 10.8. The zero-order valence-electron chi connectivity index (χ0n) is 17.3. The van der Waals surface area contributed by atoms with E-state index in [1.54, 1.807) is 0 Å². The summed E-state index contributed by atoms with van der Waals surface area (Å²) >= 11 is 9.95. The van der Waals surface area contributed by atoms with Gasteiger partial charge in [-0.1, -0.05) is 64.1 Å². The smallest absolute Gasteiger partial charge is 0.198 e. The average Bonchev–Trinajstić information content (AvgIpc) is 3.38. The molecule has 30 heavy (non-hydrogen) atoms. The fraction of sp³-hybridized carbons (Fsp3) is 0.250. The van der Waals surface area contributed by atoms with Gasteiger partial charge < -0.3 is 0 Å². The van der Waals surface area contributed by atoms with Crippen molar-refractivity contribution in [1.29, 1.82) is 0 Å². The van der Waals surface area contributed by atoms with Crippen molar-refractivity contribution in [2.45, 2.75) is 48.3 Å². The molecular weight excluding hydrogens is 408 g/mol. The Bertz CT molecular complexity index is 1160. The Morgan fingerprint density at radius 1 is 0.633 bits per heavy atom. The van der Waals surface area contributed by atoms with Gasteiger partial charge in [0.1, 0.15) is 0 Å². The number of thiol groups is 2. The second kappa shape index (κ2) is 6.53. The van der Waals surface area contributed by atoms with Gasteiger partial charge >= 0.3 is 0 Å². The maximum Gasteiger partial charge on any atom is 0.198 e. The van der Waals surface area contributed by atoms with Gasteiger partial charge in [-0.2, -0.15) is 0 Å². The molecule has 0 atom stereocenters. The number of hydrogen-bond acceptors (Lipinski definition) is 6. The summed E-state index contributed by atoms with van der Waals surface area (Å²) in [5, 5.41) is 0. The predicted octanol–water partition coefficient (Wildman–Crippen LogP) is 5.68. The van der Waals surface area contributed by atoms with Crippen molar-refractivity contribution >= 4 is 49.1 Å². The van der Waals surface area contributed by atoms with E-state index < -0.39 is 0 Å². The molecule has 0 aromatic heterocycles. The molecule has 0 radical (unpaired) electrons. The molecule has 0 aliphatic carbocycles. The fourth-order valence-corrected chi connectivity index (χ4v) is 5.31. The second-order valence-electron chi connectivity index (χ2n) is 8.81. The number of rotatable bonds is 0. The van der Waals surface area contributed by atoms with Crippen molar-refractivity contribution in [2.24, 2.45) is 20.0 Å². The molecule has 0 saturated carbocycles. The lowest BCUT2D eigenvalue weighted by atomic mass is 9.77. The normalized spacial score (nSPS) is 20.2. The van der Waals surface area contributed by atoms with E-state index in [1.807, 2.05) is 12.4 Å². The van der Waals surface area contributed by atoms with E-state index in [0.29, 0.717) is 11.6 Å². The first kappa shape index (κ1) is 19.5. The third-order valence-corrected chi connectivity index (χ3v) is 7.22. The number of nitrogens with zero attached hydrogens (tertiary/aromatic N) is 4. The summed E-state index contributed by atoms with van der Waals surface area (Å²) < 4.78 is 0. The van der Waals surface area contributed by atoms with Crippen LogP contribution in [0.4, 0.5) is 0 Å². The molecule has 0 unspecified atom stereocenters. The van der Waals surface area contributed by atoms with Crippen molar-refractivity contribution in [3.05, 3.63) is 59.2 Å². The third-order valence-electron chi connectivity index (χ3n) is 6.26. The molecule has 0 fully saturated rings. The van der Waals surface area contributed by atoms with Gasteiger partial charge in [0.05, 0.1) is 23.9 Å². The van der Waals surface area contributed by atoms with Gasteiger partial charge in [0.2, 0.25) is 0 Å². The zero-order chi connectivity index (χ0) is 21.3. The number of aliphatic imine (C=N–C) groups is 4. The van der Waals surface area contributed by atoms with E-state index in [1.165, 1.54) is 0 Å². The molecule has 2 aromatic rings. The largest absolute Gasteiger partial charge is 0.232 e. The molecule has 0 N–H and O–H groups in total. The highest BCUT2D eigenvalue weighted by Gasteiger charge is 2.35. The Kier molecular flexibility index (Phi) is 4.25. The zero-order valence-corrected chi connectivity index (χ0v) is 19.1. The van der Waals surface area contributed by atoms with E-state index in [4.69, 9.17) is 35.2 Å². The molecule has 2 aromatic carbocycles. The van der Waals surface area contributed by atoms with Crippen LogP contribution in [0.3, 0.4) is 0 Å². The summed E-state index contributed by atoms with van der Waals surface area (Å²) in [7, 11) is 0. The summed E-state index contributed by atoms with van der Waals surface area (Å²) in [4.78, 5) is 20.5. The quantitative estimate of drug-likeness (QED) is 0.506. The minimum atomic E-state index is -0.383. The summed E-state index contributed by atoms with van der Waals surface area (Å²) in [5.41, 5.74) is 5.26. The summed E-state index contributed by atoms with van der Waals surface area (Å²) in [6, 6.07) is 12.6. The van der Waals surface area contributed by atoms with Crippen molar-refractivity contribution in [3.8, 4) is 11.1 Å². The van der Waals surface area contributed by atoms with Crippen LogP contribution in [-0.2, 0) is 10.8 Å². The maximum atomic E-state index is 4.98. The van der Waals surface area contributed by atoms with Gasteiger partial charge in [-0.25, -0.2) is 20.0 Å². The molecule has 3 heterocycles. The van der Waals surface area contributed by atoms with E-state index >= 15 is 0 Å². The first-order chi connectivity index (χ1) is 14.2. The standard InChI is InChI=1S/C24H22N4S2/c1-23(2)15-9-5-7-13(19(15)29)14-8-6-10-16(20(14)30)24(3,4)18-12-26-22(28-18)21-25-11-17(23)27-21/h5-12,29-30H,1-4H3. The topological polar surface area (TPSA) is 49.4 Å². The van der Waals surface area contributed by atoms with Gasteiger partial charge in [0, 0.05) is 20.6 Å². The van der Waals surface area contributed by atoms with Crippen LogP contribution in [0.5, 0.6) is 0 Å². The third kappa shape index (κ3) is 2.70. The van der Waals surface area contributed by atoms with Gasteiger partial charge in [-0.05, 0) is 22.3 Å². The summed E-state index contributed by atoms with van der Waals surface area (Å²) in [6.45, 7) is 8.57. The fourth-order valence-electron chi connectivity index (χ4n) is 4.21. The number of fused-ring (bicyclic) bond motifs is 7. The van der Waals surface area contributed by atoms with Crippen molar-refractivity contribution in [1.82, 2.24) is 0 Å². The van der Waals surface area contributed by atoms with Gasteiger partial charge in [0.25, 0.3) is 0 Å². The van der Waals surface area contributed by atoms with Crippen LogP contribution in [0, 0.1) is 0 Å². The molecule has 150 valence electrons. The predicted molar refractivity (Wildman–Crippen MR) is 131 cm³/mol. The molecule has 3 aliphatic heterocycles. The Hall–Kier alpha value is -2.44. The van der Waals surface area contributed by atoms with E-state index in [2.05, 4.69) is 74.1 Å². The molecule has 3 aliphatic rings. The number of hydrogen-bond donors (Lipinski definition) is 2. The van der Waals surface area contributed by atoms with Crippen LogP contribution < -0.4 is 0 Å². The molecule has 0 spiro atoms. The van der Waals surface area contributed by atoms with Crippen LogP contribution in [-0.4, -0.2) is 23.9 Å². The van der Waals surface area contributed by atoms with Crippen LogP contribution in [0.2, 0.25) is 0 Å². The second-order valence-corrected chi connectivity index (χ2v) is 9.71. The summed E-state index contributed by atoms with van der Waals surface area (Å²) in [5.74, 6) is 1.10. The van der Waals surface area contributed by atoms with E-state index in [-0.39, 0.29) is 10.8 Å². The summed E-state index contributed by atoms with van der Waals surface area (Å²) in [6.07, 6.45) is 3.64. The number of benzene rings is 2. The molecule has 0 saturated heterocycles. The van der Waals surface area contributed by atoms with Crippen LogP contribution in [0.1, 0.15) is 38.8 Å². The van der Waals surface area contributed by atoms with Crippen molar-refractivity contribution < 1.29 is 0 Å². The lowest BCUT2D eigenvalue weighted by Crippen LogP contribution is -2.30. The monoisotopic (exact) mass is 430 g/mol. The SMILES string of the molecule is CC1(C)C2=NC(=C3N=CC(=N3)C(C)(C)c3cccc(c3S)-c3cccc1c3S)N=C2. The lowest BCUT2D eigenvalue weighted by Gasteiger charge is -2.29. The van der Waals surface area contributed by atoms with Gasteiger partial charge in [0.15, 0.2) is 11.6 Å². The Morgan fingerprint density at radius 3 is 1.43 bits per heavy atom. The van der Waals surface area contributed by atoms with Crippen molar-refractivity contribution in [3.63, 3.8) is 0 Å². The molecule has 4 nitrogen and oxygen atoms in total. The lowest BCUT2D eigenvalue weighted by molar-refractivity contribution is 0.706. The van der Waals surface area contributed by atoms with Crippen molar-refractivity contribution in [2.75, 3.05) is 0 Å². The average molecular weight is 431 g/mol. The van der Waals surface area contributed by atoms with E-state index in [9.17, 15) is 0 Å². The minimum absolute atomic E-state index is 0.383. The van der Waals surface area contributed by atoms with Crippen LogP contribution in [0.25, 0.3) is 11.1 Å². The Labute approximate surface area is 187 Å². The Morgan fingerprint density at radius 2 is 1.03 bits per heavy atom. The molecule has 0 amide bonds. The first-order valence-electron chi connectivity index (χ1n) is 9.87. The highest BCUT2D eigenvalue weighted by atomic mass is 32.1. The molecule has 5 rings (SSSR count). The molecule has 8 bridgehead atoms. The molecule has 6 heteroatoms.